The minimum absolute atomic E-state index is 0.146. The molecule has 0 radical (unpaired) electrons. The third kappa shape index (κ3) is 2.67. The first-order valence-electron chi connectivity index (χ1n) is 6.18. The highest BCUT2D eigenvalue weighted by molar-refractivity contribution is 5.80. The fourth-order valence-corrected chi connectivity index (χ4v) is 2.52. The van der Waals surface area contributed by atoms with Gasteiger partial charge in [-0.15, -0.1) is 0 Å². The smallest absolute Gasteiger partial charge is 0.235 e. The van der Waals surface area contributed by atoms with Crippen LogP contribution in [0.3, 0.4) is 0 Å². The van der Waals surface area contributed by atoms with Crippen LogP contribution in [-0.4, -0.2) is 23.4 Å². The second-order valence-corrected chi connectivity index (χ2v) is 5.21. The van der Waals surface area contributed by atoms with Crippen LogP contribution in [0.2, 0.25) is 0 Å². The van der Waals surface area contributed by atoms with E-state index in [0.717, 1.165) is 19.5 Å². The second-order valence-electron chi connectivity index (χ2n) is 5.21. The summed E-state index contributed by atoms with van der Waals surface area (Å²) >= 11 is 0. The standard InChI is InChI=1S/C14H20N2O/c1-10(2)8-16-9-12-6-4-3-5-11(12)7-13(16)14(15)17/h3-6,10,13H,7-9H2,1-2H3,(H2,15,17)/t13-/m1/s1. The van der Waals surface area contributed by atoms with E-state index in [1.807, 2.05) is 6.07 Å². The van der Waals surface area contributed by atoms with Crippen LogP contribution >= 0.6 is 0 Å². The molecule has 1 aliphatic heterocycles. The van der Waals surface area contributed by atoms with Gasteiger partial charge in [-0.1, -0.05) is 38.1 Å². The maximum Gasteiger partial charge on any atom is 0.235 e. The molecule has 0 saturated heterocycles. The average Bonchev–Trinajstić information content (AvgIpc) is 2.27. The maximum absolute atomic E-state index is 11.5. The number of nitrogens with two attached hydrogens (primary N) is 1. The molecule has 3 heteroatoms. The largest absolute Gasteiger partial charge is 0.368 e. The van der Waals surface area contributed by atoms with E-state index in [2.05, 4.69) is 36.9 Å². The van der Waals surface area contributed by atoms with Crippen LogP contribution < -0.4 is 5.73 Å². The Hall–Kier alpha value is -1.35. The quantitative estimate of drug-likeness (QED) is 0.859. The van der Waals surface area contributed by atoms with Gasteiger partial charge in [0.05, 0.1) is 6.04 Å². The van der Waals surface area contributed by atoms with E-state index in [4.69, 9.17) is 5.73 Å². The lowest BCUT2D eigenvalue weighted by atomic mass is 9.93. The average molecular weight is 232 g/mol. The molecule has 1 atom stereocenters. The number of carbonyl (C=O) groups excluding carboxylic acids is 1. The van der Waals surface area contributed by atoms with E-state index in [1.165, 1.54) is 11.1 Å². The van der Waals surface area contributed by atoms with Crippen LogP contribution in [0.1, 0.15) is 25.0 Å². The summed E-state index contributed by atoms with van der Waals surface area (Å²) in [7, 11) is 0. The van der Waals surface area contributed by atoms with Crippen molar-refractivity contribution in [2.24, 2.45) is 11.7 Å². The minimum atomic E-state index is -0.208. The van der Waals surface area contributed by atoms with Gasteiger partial charge in [-0.05, 0) is 23.5 Å². The van der Waals surface area contributed by atoms with Crippen LogP contribution in [0.4, 0.5) is 0 Å². The Morgan fingerprint density at radius 1 is 1.41 bits per heavy atom. The fourth-order valence-electron chi connectivity index (χ4n) is 2.52. The Kier molecular flexibility index (Phi) is 3.48. The van der Waals surface area contributed by atoms with Gasteiger partial charge in [0.25, 0.3) is 0 Å². The van der Waals surface area contributed by atoms with Crippen molar-refractivity contribution in [3.63, 3.8) is 0 Å². The number of hydrogen-bond donors (Lipinski definition) is 1. The second kappa shape index (κ2) is 4.88. The summed E-state index contributed by atoms with van der Waals surface area (Å²) in [6, 6.07) is 8.16. The van der Waals surface area contributed by atoms with Crippen molar-refractivity contribution in [3.05, 3.63) is 35.4 Å². The van der Waals surface area contributed by atoms with E-state index >= 15 is 0 Å². The lowest BCUT2D eigenvalue weighted by Gasteiger charge is -2.36. The summed E-state index contributed by atoms with van der Waals surface area (Å²) in [6.07, 6.45) is 0.748. The molecule has 1 aliphatic rings. The van der Waals surface area contributed by atoms with Crippen molar-refractivity contribution in [2.45, 2.75) is 32.9 Å². The molecule has 2 rings (SSSR count). The summed E-state index contributed by atoms with van der Waals surface area (Å²) in [5.41, 5.74) is 8.09. The predicted octanol–water partition coefficient (Wildman–Crippen LogP) is 1.55. The van der Waals surface area contributed by atoms with Gasteiger partial charge in [0.15, 0.2) is 0 Å². The normalized spacial score (nSPS) is 20.3. The van der Waals surface area contributed by atoms with Crippen LogP contribution in [0.25, 0.3) is 0 Å². The summed E-state index contributed by atoms with van der Waals surface area (Å²) in [6.45, 7) is 6.08. The molecule has 2 N–H and O–H groups in total. The molecule has 0 fully saturated rings. The third-order valence-electron chi connectivity index (χ3n) is 3.27. The highest BCUT2D eigenvalue weighted by Gasteiger charge is 2.29. The van der Waals surface area contributed by atoms with Crippen molar-refractivity contribution in [2.75, 3.05) is 6.54 Å². The molecule has 3 nitrogen and oxygen atoms in total. The number of carbonyl (C=O) groups is 1. The fraction of sp³-hybridized carbons (Fsp3) is 0.500. The lowest BCUT2D eigenvalue weighted by Crippen LogP contribution is -2.49. The number of nitrogens with zero attached hydrogens (tertiary/aromatic N) is 1. The summed E-state index contributed by atoms with van der Waals surface area (Å²) in [4.78, 5) is 13.7. The molecule has 0 bridgehead atoms. The third-order valence-corrected chi connectivity index (χ3v) is 3.27. The van der Waals surface area contributed by atoms with E-state index in [0.29, 0.717) is 5.92 Å². The summed E-state index contributed by atoms with van der Waals surface area (Å²) in [5, 5.41) is 0. The van der Waals surface area contributed by atoms with Gasteiger partial charge in [0, 0.05) is 13.1 Å². The molecular formula is C14H20N2O. The zero-order chi connectivity index (χ0) is 12.4. The molecule has 0 aliphatic carbocycles. The number of benzene rings is 1. The number of primary amides is 1. The topological polar surface area (TPSA) is 46.3 Å². The van der Waals surface area contributed by atoms with E-state index < -0.39 is 0 Å². The van der Waals surface area contributed by atoms with Gasteiger partial charge < -0.3 is 5.73 Å². The van der Waals surface area contributed by atoms with Gasteiger partial charge in [-0.25, -0.2) is 0 Å². The molecular weight excluding hydrogens is 212 g/mol. The first-order chi connectivity index (χ1) is 8.08. The van der Waals surface area contributed by atoms with Crippen molar-refractivity contribution in [1.29, 1.82) is 0 Å². The van der Waals surface area contributed by atoms with Gasteiger partial charge in [-0.3, -0.25) is 9.69 Å². The summed E-state index contributed by atoms with van der Waals surface area (Å²) < 4.78 is 0. The van der Waals surface area contributed by atoms with E-state index in [1.54, 1.807) is 0 Å². The molecule has 1 aromatic rings. The van der Waals surface area contributed by atoms with Crippen LogP contribution in [0, 0.1) is 5.92 Å². The summed E-state index contributed by atoms with van der Waals surface area (Å²) in [5.74, 6) is 0.335. The Morgan fingerprint density at radius 3 is 2.65 bits per heavy atom. The van der Waals surface area contributed by atoms with Gasteiger partial charge in [-0.2, -0.15) is 0 Å². The monoisotopic (exact) mass is 232 g/mol. The van der Waals surface area contributed by atoms with Gasteiger partial charge in [0.1, 0.15) is 0 Å². The number of amides is 1. The van der Waals surface area contributed by atoms with Gasteiger partial charge >= 0.3 is 0 Å². The highest BCUT2D eigenvalue weighted by Crippen LogP contribution is 2.23. The molecule has 92 valence electrons. The molecule has 0 unspecified atom stereocenters. The molecule has 1 aromatic carbocycles. The van der Waals surface area contributed by atoms with E-state index in [9.17, 15) is 4.79 Å². The maximum atomic E-state index is 11.5. The number of hydrogen-bond acceptors (Lipinski definition) is 2. The number of rotatable bonds is 3. The molecule has 1 amide bonds. The first-order valence-corrected chi connectivity index (χ1v) is 6.18. The molecule has 1 heterocycles. The Balaban J connectivity index is 2.24. The Labute approximate surface area is 103 Å². The van der Waals surface area contributed by atoms with Crippen LogP contribution in [-0.2, 0) is 17.8 Å². The molecule has 17 heavy (non-hydrogen) atoms. The Bertz CT molecular complexity index is 414. The van der Waals surface area contributed by atoms with Crippen molar-refractivity contribution in [1.82, 2.24) is 4.90 Å². The molecule has 0 spiro atoms. The van der Waals surface area contributed by atoms with Crippen molar-refractivity contribution < 1.29 is 4.79 Å². The van der Waals surface area contributed by atoms with Gasteiger partial charge in [0.2, 0.25) is 5.91 Å². The van der Waals surface area contributed by atoms with Crippen molar-refractivity contribution in [3.8, 4) is 0 Å². The van der Waals surface area contributed by atoms with E-state index in [-0.39, 0.29) is 11.9 Å². The lowest BCUT2D eigenvalue weighted by molar-refractivity contribution is -0.124. The molecule has 0 aromatic heterocycles. The van der Waals surface area contributed by atoms with Crippen LogP contribution in [0.15, 0.2) is 24.3 Å². The number of fused-ring (bicyclic) bond motifs is 1. The first kappa shape index (κ1) is 12.1. The minimum Gasteiger partial charge on any atom is -0.368 e. The Morgan fingerprint density at radius 2 is 2.06 bits per heavy atom. The van der Waals surface area contributed by atoms with Crippen LogP contribution in [0.5, 0.6) is 0 Å². The zero-order valence-corrected chi connectivity index (χ0v) is 10.5. The SMILES string of the molecule is CC(C)CN1Cc2ccccc2C[C@@H]1C(N)=O. The highest BCUT2D eigenvalue weighted by atomic mass is 16.1. The molecule has 0 saturated carbocycles. The van der Waals surface area contributed by atoms with Crippen molar-refractivity contribution >= 4 is 5.91 Å². The zero-order valence-electron chi connectivity index (χ0n) is 10.5. The predicted molar refractivity (Wildman–Crippen MR) is 68.4 cm³/mol.